The van der Waals surface area contributed by atoms with Crippen molar-refractivity contribution >= 4 is 15.9 Å². The van der Waals surface area contributed by atoms with E-state index in [-0.39, 0.29) is 23.0 Å². The van der Waals surface area contributed by atoms with Crippen LogP contribution in [0.25, 0.3) is 0 Å². The molecule has 1 aromatic rings. The number of carbonyl (C=O) groups excluding carboxylic acids is 1. The molecule has 1 aliphatic heterocycles. The summed E-state index contributed by atoms with van der Waals surface area (Å²) in [4.78, 5) is 16.3. The minimum atomic E-state index is -3.15. The van der Waals surface area contributed by atoms with Gasteiger partial charge < -0.3 is 5.32 Å². The zero-order chi connectivity index (χ0) is 16.5. The van der Waals surface area contributed by atoms with E-state index in [0.717, 1.165) is 18.4 Å². The van der Waals surface area contributed by atoms with Crippen LogP contribution in [0.4, 0.5) is 0 Å². The molecule has 0 aromatic carbocycles. The molecule has 1 aliphatic carbocycles. The lowest BCUT2D eigenvalue weighted by Gasteiger charge is -2.16. The summed E-state index contributed by atoms with van der Waals surface area (Å²) in [6, 6.07) is 3.76. The highest BCUT2D eigenvalue weighted by molar-refractivity contribution is 7.89. The Kier molecular flexibility index (Phi) is 4.42. The standard InChI is InChI=1S/C16H23N3O3S/c1-2-8-23(21,22)19-7-5-16(12-19)9-14(16)15(20)18-11-13-4-3-6-17-10-13/h3-4,6,10,14H,2,5,7-9,11-12H2,1H3,(H,18,20)/t14-,16-/m0/s1. The molecule has 1 aromatic heterocycles. The van der Waals surface area contributed by atoms with Crippen LogP contribution in [-0.2, 0) is 21.4 Å². The highest BCUT2D eigenvalue weighted by Gasteiger charge is 2.61. The Bertz CT molecular complexity index is 677. The largest absolute Gasteiger partial charge is 0.352 e. The zero-order valence-corrected chi connectivity index (χ0v) is 14.2. The lowest BCUT2D eigenvalue weighted by Crippen LogP contribution is -2.32. The minimum absolute atomic E-state index is 0.0311. The topological polar surface area (TPSA) is 79.4 Å². The quantitative estimate of drug-likeness (QED) is 0.844. The summed E-state index contributed by atoms with van der Waals surface area (Å²) in [5, 5.41) is 2.94. The predicted molar refractivity (Wildman–Crippen MR) is 86.9 cm³/mol. The number of sulfonamides is 1. The van der Waals surface area contributed by atoms with Crippen molar-refractivity contribution in [3.05, 3.63) is 30.1 Å². The molecule has 6 nitrogen and oxygen atoms in total. The fourth-order valence-electron chi connectivity index (χ4n) is 3.47. The highest BCUT2D eigenvalue weighted by Crippen LogP contribution is 2.58. The van der Waals surface area contributed by atoms with Gasteiger partial charge in [-0.05, 0) is 36.3 Å². The lowest BCUT2D eigenvalue weighted by molar-refractivity contribution is -0.123. The number of aromatic nitrogens is 1. The molecule has 3 rings (SSSR count). The summed E-state index contributed by atoms with van der Waals surface area (Å²) in [6.07, 6.45) is 5.65. The molecule has 2 atom stereocenters. The molecule has 2 aliphatic rings. The molecular weight excluding hydrogens is 314 g/mol. The first-order valence-electron chi connectivity index (χ1n) is 8.11. The van der Waals surface area contributed by atoms with Gasteiger partial charge in [0.15, 0.2) is 0 Å². The third kappa shape index (κ3) is 3.40. The summed E-state index contributed by atoms with van der Waals surface area (Å²) in [6.45, 7) is 3.39. The van der Waals surface area contributed by atoms with Crippen molar-refractivity contribution in [1.82, 2.24) is 14.6 Å². The third-order valence-electron chi connectivity index (χ3n) is 4.90. The maximum Gasteiger partial charge on any atom is 0.224 e. The summed E-state index contributed by atoms with van der Waals surface area (Å²) in [5.74, 6) is 0.172. The Morgan fingerprint density at radius 2 is 2.35 bits per heavy atom. The molecule has 0 radical (unpaired) electrons. The van der Waals surface area contributed by atoms with Crippen LogP contribution in [0.5, 0.6) is 0 Å². The van der Waals surface area contributed by atoms with Crippen molar-refractivity contribution in [2.24, 2.45) is 11.3 Å². The van der Waals surface area contributed by atoms with Gasteiger partial charge in [0.1, 0.15) is 0 Å². The second kappa shape index (κ2) is 6.20. The maximum absolute atomic E-state index is 12.3. The molecule has 126 valence electrons. The average Bonchev–Trinajstić information content (AvgIpc) is 3.05. The van der Waals surface area contributed by atoms with E-state index in [1.807, 2.05) is 19.1 Å². The van der Waals surface area contributed by atoms with E-state index in [1.165, 1.54) is 0 Å². The molecule has 23 heavy (non-hydrogen) atoms. The Labute approximate surface area is 137 Å². The Balaban J connectivity index is 1.54. The van der Waals surface area contributed by atoms with Gasteiger partial charge in [0.05, 0.1) is 5.75 Å². The first kappa shape index (κ1) is 16.4. The van der Waals surface area contributed by atoms with Gasteiger partial charge in [0.2, 0.25) is 15.9 Å². The van der Waals surface area contributed by atoms with E-state index in [2.05, 4.69) is 10.3 Å². The van der Waals surface area contributed by atoms with E-state index in [9.17, 15) is 13.2 Å². The Morgan fingerprint density at radius 1 is 1.52 bits per heavy atom. The molecule has 0 bridgehead atoms. The predicted octanol–water partition coefficient (Wildman–Crippen LogP) is 1.15. The Morgan fingerprint density at radius 3 is 3.04 bits per heavy atom. The smallest absolute Gasteiger partial charge is 0.224 e. The number of rotatable bonds is 6. The molecule has 1 saturated carbocycles. The molecule has 2 fully saturated rings. The maximum atomic E-state index is 12.3. The van der Waals surface area contributed by atoms with E-state index < -0.39 is 10.0 Å². The zero-order valence-electron chi connectivity index (χ0n) is 13.4. The number of nitrogens with one attached hydrogen (secondary N) is 1. The van der Waals surface area contributed by atoms with Gasteiger partial charge in [-0.15, -0.1) is 0 Å². The number of amides is 1. The van der Waals surface area contributed by atoms with E-state index >= 15 is 0 Å². The van der Waals surface area contributed by atoms with Crippen LogP contribution in [0.2, 0.25) is 0 Å². The third-order valence-corrected chi connectivity index (χ3v) is 6.92. The van der Waals surface area contributed by atoms with Gasteiger partial charge in [0, 0.05) is 37.9 Å². The highest BCUT2D eigenvalue weighted by atomic mass is 32.2. The van der Waals surface area contributed by atoms with Crippen molar-refractivity contribution in [3.63, 3.8) is 0 Å². The number of hydrogen-bond donors (Lipinski definition) is 1. The molecule has 2 heterocycles. The van der Waals surface area contributed by atoms with Gasteiger partial charge in [-0.3, -0.25) is 9.78 Å². The summed E-state index contributed by atoms with van der Waals surface area (Å²) >= 11 is 0. The lowest BCUT2D eigenvalue weighted by atomic mass is 10.0. The van der Waals surface area contributed by atoms with Crippen LogP contribution in [0.1, 0.15) is 31.7 Å². The first-order chi connectivity index (χ1) is 11.0. The first-order valence-corrected chi connectivity index (χ1v) is 9.72. The average molecular weight is 337 g/mol. The molecule has 1 N–H and O–H groups in total. The molecule has 1 spiro atoms. The molecule has 1 saturated heterocycles. The van der Waals surface area contributed by atoms with Gasteiger partial charge in [-0.1, -0.05) is 13.0 Å². The minimum Gasteiger partial charge on any atom is -0.352 e. The fraction of sp³-hybridized carbons (Fsp3) is 0.625. The second-order valence-corrected chi connectivity index (χ2v) is 8.69. The second-order valence-electron chi connectivity index (χ2n) is 6.60. The van der Waals surface area contributed by atoms with E-state index in [1.54, 1.807) is 16.7 Å². The van der Waals surface area contributed by atoms with Crippen molar-refractivity contribution in [2.75, 3.05) is 18.8 Å². The van der Waals surface area contributed by atoms with Gasteiger partial charge >= 0.3 is 0 Å². The number of pyridine rings is 1. The van der Waals surface area contributed by atoms with Crippen molar-refractivity contribution in [3.8, 4) is 0 Å². The molecule has 1 amide bonds. The van der Waals surface area contributed by atoms with Crippen LogP contribution >= 0.6 is 0 Å². The van der Waals surface area contributed by atoms with Crippen LogP contribution in [-0.4, -0.2) is 42.5 Å². The molecule has 7 heteroatoms. The van der Waals surface area contributed by atoms with Crippen LogP contribution in [0.3, 0.4) is 0 Å². The van der Waals surface area contributed by atoms with E-state index in [0.29, 0.717) is 26.1 Å². The summed E-state index contributed by atoms with van der Waals surface area (Å²) in [5.41, 5.74) is 0.842. The summed E-state index contributed by atoms with van der Waals surface area (Å²) in [7, 11) is -3.15. The van der Waals surface area contributed by atoms with Crippen LogP contribution in [0, 0.1) is 11.3 Å². The Hall–Kier alpha value is -1.47. The molecular formula is C16H23N3O3S. The van der Waals surface area contributed by atoms with E-state index in [4.69, 9.17) is 0 Å². The number of carbonyl (C=O) groups is 1. The number of nitrogens with zero attached hydrogens (tertiary/aromatic N) is 2. The van der Waals surface area contributed by atoms with Crippen LogP contribution in [0.15, 0.2) is 24.5 Å². The van der Waals surface area contributed by atoms with Crippen LogP contribution < -0.4 is 5.32 Å². The van der Waals surface area contributed by atoms with Gasteiger partial charge in [0.25, 0.3) is 0 Å². The normalized spacial score (nSPS) is 27.3. The SMILES string of the molecule is CCCS(=O)(=O)N1CC[C@]2(C[C@H]2C(=O)NCc2cccnc2)C1. The fourth-order valence-corrected chi connectivity index (χ4v) is 5.06. The summed E-state index contributed by atoms with van der Waals surface area (Å²) < 4.78 is 25.9. The van der Waals surface area contributed by atoms with Crippen molar-refractivity contribution in [1.29, 1.82) is 0 Å². The van der Waals surface area contributed by atoms with Crippen molar-refractivity contribution < 1.29 is 13.2 Å². The number of hydrogen-bond acceptors (Lipinski definition) is 4. The molecule has 0 unspecified atom stereocenters. The van der Waals surface area contributed by atoms with Crippen molar-refractivity contribution in [2.45, 2.75) is 32.7 Å². The van der Waals surface area contributed by atoms with Gasteiger partial charge in [-0.25, -0.2) is 12.7 Å². The monoisotopic (exact) mass is 337 g/mol. The van der Waals surface area contributed by atoms with Gasteiger partial charge in [-0.2, -0.15) is 0 Å².